The van der Waals surface area contributed by atoms with Crippen LogP contribution in [0.25, 0.3) is 61.3 Å². The van der Waals surface area contributed by atoms with Gasteiger partial charge in [0.25, 0.3) is 0 Å². The molecular formula is C53H42N2. The number of aliphatic imine (C=N–C) groups is 1. The van der Waals surface area contributed by atoms with Crippen molar-refractivity contribution in [2.75, 3.05) is 0 Å². The van der Waals surface area contributed by atoms with Crippen LogP contribution in [0.2, 0.25) is 0 Å². The van der Waals surface area contributed by atoms with Gasteiger partial charge in [-0.25, -0.2) is 0 Å². The molecule has 55 heavy (non-hydrogen) atoms. The summed E-state index contributed by atoms with van der Waals surface area (Å²) < 4.78 is 0. The monoisotopic (exact) mass is 706 g/mol. The van der Waals surface area contributed by atoms with Gasteiger partial charge in [-0.3, -0.25) is 9.98 Å². The molecule has 0 radical (unpaired) electrons. The topological polar surface area (TPSA) is 25.2 Å². The van der Waals surface area contributed by atoms with E-state index in [-0.39, 0.29) is 6.04 Å². The molecule has 0 aliphatic carbocycles. The summed E-state index contributed by atoms with van der Waals surface area (Å²) in [5.74, 6) is 0. The Kier molecular flexibility index (Phi) is 10.5. The minimum atomic E-state index is -0.145. The third-order valence-electron chi connectivity index (χ3n) is 10.2. The van der Waals surface area contributed by atoms with Crippen molar-refractivity contribution in [3.8, 4) is 55.8 Å². The van der Waals surface area contributed by atoms with Crippen LogP contribution in [0.4, 0.5) is 0 Å². The van der Waals surface area contributed by atoms with Gasteiger partial charge in [0.15, 0.2) is 0 Å². The Bertz CT molecular complexity index is 2540. The first-order valence-corrected chi connectivity index (χ1v) is 18.8. The third kappa shape index (κ3) is 8.20. The fraction of sp³-hybridized carbons (Fsp3) is 0.0566. The van der Waals surface area contributed by atoms with E-state index in [0.29, 0.717) is 6.42 Å². The van der Waals surface area contributed by atoms with Crippen LogP contribution in [0.5, 0.6) is 0 Å². The van der Waals surface area contributed by atoms with Crippen LogP contribution in [-0.2, 0) is 0 Å². The summed E-state index contributed by atoms with van der Waals surface area (Å²) in [6.07, 6.45) is 2.52. The molecule has 2 nitrogen and oxygen atoms in total. The third-order valence-corrected chi connectivity index (χ3v) is 10.2. The molecule has 1 atom stereocenters. The zero-order chi connectivity index (χ0) is 37.4. The highest BCUT2D eigenvalue weighted by Crippen LogP contribution is 2.38. The highest BCUT2D eigenvalue weighted by molar-refractivity contribution is 5.99. The van der Waals surface area contributed by atoms with Crippen molar-refractivity contribution in [3.63, 3.8) is 0 Å². The average molecular weight is 707 g/mol. The molecule has 0 bridgehead atoms. The highest BCUT2D eigenvalue weighted by Gasteiger charge is 2.18. The van der Waals surface area contributed by atoms with E-state index in [1.165, 1.54) is 22.3 Å². The Labute approximate surface area is 324 Å². The van der Waals surface area contributed by atoms with Gasteiger partial charge in [0.1, 0.15) is 0 Å². The molecule has 0 spiro atoms. The number of hydrogen-bond donors (Lipinski definition) is 0. The Morgan fingerprint density at radius 3 is 1.51 bits per heavy atom. The molecule has 0 aliphatic heterocycles. The standard InChI is InChI=1S/C53H42N2/c1-38(48-35-49(43-20-11-5-12-21-43)37-50(36-48)51-24-15-33-54-53(51)47-22-13-6-14-23-47)34-52(46-31-29-45(30-32-46)42-18-9-4-10-19-42)55-39(2)40-25-27-44(28-26-40)41-16-7-3-8-17-41/h3-33,35-37,52H,1,34H2,2H3/b55-39+. The second-order valence-corrected chi connectivity index (χ2v) is 13.9. The molecule has 0 saturated heterocycles. The number of benzene rings is 7. The Morgan fingerprint density at radius 2 is 0.945 bits per heavy atom. The summed E-state index contributed by atoms with van der Waals surface area (Å²) in [5, 5.41) is 0. The lowest BCUT2D eigenvalue weighted by molar-refractivity contribution is 0.754. The SMILES string of the molecule is C=C(CC(/N=C(\C)c1ccc(-c2ccccc2)cc1)c1ccc(-c2ccccc2)cc1)c1cc(-c2ccccc2)cc(-c2cccnc2-c2ccccc2)c1. The maximum absolute atomic E-state index is 5.45. The Balaban J connectivity index is 1.18. The van der Waals surface area contributed by atoms with Crippen LogP contribution in [0, 0.1) is 0 Å². The van der Waals surface area contributed by atoms with E-state index < -0.39 is 0 Å². The summed E-state index contributed by atoms with van der Waals surface area (Å²) in [5.41, 5.74) is 16.7. The normalized spacial score (nSPS) is 11.9. The van der Waals surface area contributed by atoms with Gasteiger partial charge in [0, 0.05) is 23.0 Å². The van der Waals surface area contributed by atoms with Crippen LogP contribution < -0.4 is 0 Å². The zero-order valence-corrected chi connectivity index (χ0v) is 31.0. The van der Waals surface area contributed by atoms with E-state index in [4.69, 9.17) is 16.6 Å². The summed E-state index contributed by atoms with van der Waals surface area (Å²) >= 11 is 0. The van der Waals surface area contributed by atoms with E-state index >= 15 is 0 Å². The second kappa shape index (κ2) is 16.4. The maximum atomic E-state index is 5.45. The van der Waals surface area contributed by atoms with Crippen molar-refractivity contribution in [3.05, 3.63) is 230 Å². The van der Waals surface area contributed by atoms with Gasteiger partial charge in [-0.2, -0.15) is 0 Å². The Hall–Kier alpha value is -6.90. The van der Waals surface area contributed by atoms with E-state index in [0.717, 1.165) is 61.5 Å². The molecule has 0 aliphatic rings. The first-order chi connectivity index (χ1) is 27.1. The molecule has 0 amide bonds. The van der Waals surface area contributed by atoms with Crippen LogP contribution >= 0.6 is 0 Å². The van der Waals surface area contributed by atoms with Crippen LogP contribution in [0.15, 0.2) is 218 Å². The number of aromatic nitrogens is 1. The minimum Gasteiger partial charge on any atom is -0.281 e. The predicted molar refractivity (Wildman–Crippen MR) is 233 cm³/mol. The molecule has 0 N–H and O–H groups in total. The molecule has 2 heteroatoms. The number of hydrogen-bond acceptors (Lipinski definition) is 2. The largest absolute Gasteiger partial charge is 0.281 e. The molecule has 1 unspecified atom stereocenters. The summed E-state index contributed by atoms with van der Waals surface area (Å²) in [6.45, 7) is 6.86. The lowest BCUT2D eigenvalue weighted by Gasteiger charge is -2.19. The maximum Gasteiger partial charge on any atom is 0.0792 e. The molecule has 264 valence electrons. The molecule has 1 heterocycles. The van der Waals surface area contributed by atoms with Gasteiger partial charge >= 0.3 is 0 Å². The predicted octanol–water partition coefficient (Wildman–Crippen LogP) is 14.1. The molecule has 0 fully saturated rings. The van der Waals surface area contributed by atoms with Crippen LogP contribution in [-0.4, -0.2) is 10.7 Å². The van der Waals surface area contributed by atoms with Gasteiger partial charge < -0.3 is 0 Å². The van der Waals surface area contributed by atoms with Crippen molar-refractivity contribution in [1.82, 2.24) is 4.98 Å². The van der Waals surface area contributed by atoms with Crippen molar-refractivity contribution < 1.29 is 0 Å². The first kappa shape index (κ1) is 35.1. The van der Waals surface area contributed by atoms with E-state index in [2.05, 4.69) is 195 Å². The molecular weight excluding hydrogens is 665 g/mol. The molecule has 7 aromatic carbocycles. The van der Waals surface area contributed by atoms with Crippen molar-refractivity contribution >= 4 is 11.3 Å². The number of rotatable bonds is 11. The molecule has 8 rings (SSSR count). The molecule has 1 aromatic heterocycles. The second-order valence-electron chi connectivity index (χ2n) is 13.9. The van der Waals surface area contributed by atoms with E-state index in [1.807, 2.05) is 18.3 Å². The fourth-order valence-corrected chi connectivity index (χ4v) is 7.21. The smallest absolute Gasteiger partial charge is 0.0792 e. The quantitative estimate of drug-likeness (QED) is 0.123. The zero-order valence-electron chi connectivity index (χ0n) is 31.0. The van der Waals surface area contributed by atoms with Gasteiger partial charge in [-0.15, -0.1) is 0 Å². The van der Waals surface area contributed by atoms with E-state index in [9.17, 15) is 0 Å². The van der Waals surface area contributed by atoms with Crippen molar-refractivity contribution in [1.29, 1.82) is 0 Å². The first-order valence-electron chi connectivity index (χ1n) is 18.8. The van der Waals surface area contributed by atoms with Gasteiger partial charge in [0.2, 0.25) is 0 Å². The summed E-state index contributed by atoms with van der Waals surface area (Å²) in [4.78, 5) is 10.3. The van der Waals surface area contributed by atoms with Crippen molar-refractivity contribution in [2.45, 2.75) is 19.4 Å². The van der Waals surface area contributed by atoms with E-state index in [1.54, 1.807) is 0 Å². The summed E-state index contributed by atoms with van der Waals surface area (Å²) in [7, 11) is 0. The average Bonchev–Trinajstić information content (AvgIpc) is 3.27. The molecule has 8 aromatic rings. The van der Waals surface area contributed by atoms with Crippen LogP contribution in [0.1, 0.15) is 36.1 Å². The number of nitrogens with zero attached hydrogens (tertiary/aromatic N) is 2. The minimum absolute atomic E-state index is 0.145. The summed E-state index contributed by atoms with van der Waals surface area (Å²) in [6, 6.07) is 70.5. The van der Waals surface area contributed by atoms with Crippen molar-refractivity contribution in [2.24, 2.45) is 4.99 Å². The molecule has 0 saturated carbocycles. The lowest BCUT2D eigenvalue weighted by atomic mass is 9.89. The van der Waals surface area contributed by atoms with Gasteiger partial charge in [-0.05, 0) is 98.8 Å². The van der Waals surface area contributed by atoms with Gasteiger partial charge in [0.05, 0.1) is 11.7 Å². The highest BCUT2D eigenvalue weighted by atomic mass is 14.8. The Morgan fingerprint density at radius 1 is 0.473 bits per heavy atom. The van der Waals surface area contributed by atoms with Crippen LogP contribution in [0.3, 0.4) is 0 Å². The lowest BCUT2D eigenvalue weighted by Crippen LogP contribution is -2.04. The fourth-order valence-electron chi connectivity index (χ4n) is 7.21. The number of pyridine rings is 1. The van der Waals surface area contributed by atoms with Gasteiger partial charge in [-0.1, -0.05) is 183 Å².